The summed E-state index contributed by atoms with van der Waals surface area (Å²) in [5.74, 6) is 1.31. The first-order chi connectivity index (χ1) is 9.26. The van der Waals surface area contributed by atoms with Crippen molar-refractivity contribution in [3.05, 3.63) is 24.9 Å². The summed E-state index contributed by atoms with van der Waals surface area (Å²) in [6.07, 6.45) is 4.77. The quantitative estimate of drug-likeness (QED) is 0.699. The van der Waals surface area contributed by atoms with E-state index in [2.05, 4.69) is 35.5 Å². The van der Waals surface area contributed by atoms with Crippen LogP contribution < -0.4 is 5.32 Å². The van der Waals surface area contributed by atoms with Crippen molar-refractivity contribution >= 4 is 5.95 Å². The van der Waals surface area contributed by atoms with Gasteiger partial charge in [0.05, 0.1) is 0 Å². The fourth-order valence-electron chi connectivity index (χ4n) is 1.54. The molecule has 0 aliphatic rings. The third kappa shape index (κ3) is 2.12. The van der Waals surface area contributed by atoms with Gasteiger partial charge in [0.15, 0.2) is 5.82 Å². The highest BCUT2D eigenvalue weighted by Crippen LogP contribution is 2.14. The molecule has 9 nitrogen and oxygen atoms in total. The van der Waals surface area contributed by atoms with Gasteiger partial charge in [0, 0.05) is 20.3 Å². The molecular formula is C10H11N9. The van der Waals surface area contributed by atoms with Crippen molar-refractivity contribution in [1.29, 1.82) is 0 Å². The van der Waals surface area contributed by atoms with Crippen molar-refractivity contribution in [2.24, 2.45) is 7.05 Å². The topological polar surface area (TPSA) is 99.2 Å². The summed E-state index contributed by atoms with van der Waals surface area (Å²) in [7, 11) is 3.57. The Morgan fingerprint density at radius 1 is 1.21 bits per heavy atom. The lowest BCUT2D eigenvalue weighted by atomic mass is 10.4. The van der Waals surface area contributed by atoms with Crippen LogP contribution in [0.2, 0.25) is 0 Å². The molecule has 0 fully saturated rings. The van der Waals surface area contributed by atoms with Crippen LogP contribution in [0.15, 0.2) is 24.9 Å². The molecule has 3 aromatic heterocycles. The molecule has 3 rings (SSSR count). The van der Waals surface area contributed by atoms with Gasteiger partial charge in [-0.1, -0.05) is 0 Å². The van der Waals surface area contributed by atoms with Crippen LogP contribution in [-0.2, 0) is 7.05 Å². The molecule has 3 aromatic rings. The second-order valence-electron chi connectivity index (χ2n) is 3.75. The Labute approximate surface area is 108 Å². The van der Waals surface area contributed by atoms with E-state index in [4.69, 9.17) is 0 Å². The van der Waals surface area contributed by atoms with Crippen LogP contribution >= 0.6 is 0 Å². The minimum atomic E-state index is 0.387. The van der Waals surface area contributed by atoms with Crippen molar-refractivity contribution in [3.8, 4) is 17.5 Å². The lowest BCUT2D eigenvalue weighted by Crippen LogP contribution is -2.08. The zero-order chi connectivity index (χ0) is 13.2. The van der Waals surface area contributed by atoms with E-state index in [1.807, 2.05) is 19.3 Å². The Morgan fingerprint density at radius 3 is 2.74 bits per heavy atom. The fourth-order valence-corrected chi connectivity index (χ4v) is 1.54. The summed E-state index contributed by atoms with van der Waals surface area (Å²) in [6, 6.07) is 1.83. The second kappa shape index (κ2) is 4.44. The second-order valence-corrected chi connectivity index (χ2v) is 3.75. The molecule has 0 bridgehead atoms. The standard InChI is InChI=1S/C10H11N9/c1-11-9-14-8(7-3-4-18(2)17-7)15-10(16-9)19-6-12-5-13-19/h3-6H,1-2H3,(H,11,14,15,16). The molecule has 1 N–H and O–H groups in total. The lowest BCUT2D eigenvalue weighted by Gasteiger charge is -2.04. The van der Waals surface area contributed by atoms with E-state index in [0.29, 0.717) is 23.4 Å². The van der Waals surface area contributed by atoms with Gasteiger partial charge < -0.3 is 5.32 Å². The summed E-state index contributed by atoms with van der Waals surface area (Å²) in [5, 5.41) is 11.2. The number of hydrogen-bond donors (Lipinski definition) is 1. The van der Waals surface area contributed by atoms with Crippen molar-refractivity contribution < 1.29 is 0 Å². The lowest BCUT2D eigenvalue weighted by molar-refractivity contribution is 0.763. The first kappa shape index (κ1) is 11.3. The molecule has 0 saturated carbocycles. The first-order valence-corrected chi connectivity index (χ1v) is 5.55. The highest BCUT2D eigenvalue weighted by Gasteiger charge is 2.11. The van der Waals surface area contributed by atoms with Crippen LogP contribution in [0.3, 0.4) is 0 Å². The zero-order valence-electron chi connectivity index (χ0n) is 10.4. The summed E-state index contributed by atoms with van der Waals surface area (Å²) in [6.45, 7) is 0. The van der Waals surface area contributed by atoms with Crippen molar-refractivity contribution in [1.82, 2.24) is 39.5 Å². The smallest absolute Gasteiger partial charge is 0.257 e. The van der Waals surface area contributed by atoms with Gasteiger partial charge in [0.1, 0.15) is 18.3 Å². The van der Waals surface area contributed by atoms with E-state index in [1.165, 1.54) is 17.3 Å². The molecule has 96 valence electrons. The number of nitrogens with zero attached hydrogens (tertiary/aromatic N) is 8. The number of aryl methyl sites for hydroxylation is 1. The molecule has 0 spiro atoms. The van der Waals surface area contributed by atoms with Crippen LogP contribution in [0, 0.1) is 0 Å². The zero-order valence-corrected chi connectivity index (χ0v) is 10.4. The van der Waals surface area contributed by atoms with E-state index in [1.54, 1.807) is 11.7 Å². The molecule has 0 aromatic carbocycles. The van der Waals surface area contributed by atoms with Gasteiger partial charge in [-0.05, 0) is 6.07 Å². The van der Waals surface area contributed by atoms with Gasteiger partial charge in [0.2, 0.25) is 5.95 Å². The number of nitrogens with one attached hydrogen (secondary N) is 1. The Bertz CT molecular complexity index is 685. The summed E-state index contributed by atoms with van der Waals surface area (Å²) in [5.41, 5.74) is 0.669. The van der Waals surface area contributed by atoms with Gasteiger partial charge in [0.25, 0.3) is 5.95 Å². The van der Waals surface area contributed by atoms with Crippen LogP contribution in [-0.4, -0.2) is 46.5 Å². The Kier molecular flexibility index (Phi) is 2.63. The van der Waals surface area contributed by atoms with E-state index < -0.39 is 0 Å². The SMILES string of the molecule is CNc1nc(-c2ccn(C)n2)nc(-n2cncn2)n1. The predicted octanol–water partition coefficient (Wildman–Crippen LogP) is -0.106. The van der Waals surface area contributed by atoms with Gasteiger partial charge >= 0.3 is 0 Å². The van der Waals surface area contributed by atoms with E-state index in [9.17, 15) is 0 Å². The average Bonchev–Trinajstić information content (AvgIpc) is 3.09. The van der Waals surface area contributed by atoms with Crippen LogP contribution in [0.5, 0.6) is 0 Å². The maximum absolute atomic E-state index is 4.33. The first-order valence-electron chi connectivity index (χ1n) is 5.55. The predicted molar refractivity (Wildman–Crippen MR) is 66.5 cm³/mol. The number of rotatable bonds is 3. The Hall–Kier alpha value is -2.84. The molecule has 0 radical (unpaired) electrons. The fraction of sp³-hybridized carbons (Fsp3) is 0.200. The van der Waals surface area contributed by atoms with Gasteiger partial charge in [-0.3, -0.25) is 4.68 Å². The molecule has 0 amide bonds. The maximum Gasteiger partial charge on any atom is 0.257 e. The Morgan fingerprint density at radius 2 is 2.11 bits per heavy atom. The molecular weight excluding hydrogens is 246 g/mol. The van der Waals surface area contributed by atoms with Crippen molar-refractivity contribution in [2.45, 2.75) is 0 Å². The molecule has 19 heavy (non-hydrogen) atoms. The van der Waals surface area contributed by atoms with E-state index in [0.717, 1.165) is 0 Å². The third-order valence-corrected chi connectivity index (χ3v) is 2.41. The van der Waals surface area contributed by atoms with Gasteiger partial charge in [-0.15, -0.1) is 0 Å². The van der Waals surface area contributed by atoms with Crippen LogP contribution in [0.1, 0.15) is 0 Å². The third-order valence-electron chi connectivity index (χ3n) is 2.41. The molecule has 0 aliphatic carbocycles. The summed E-state index contributed by atoms with van der Waals surface area (Å²) >= 11 is 0. The van der Waals surface area contributed by atoms with Gasteiger partial charge in [-0.25, -0.2) is 4.98 Å². The van der Waals surface area contributed by atoms with E-state index >= 15 is 0 Å². The summed E-state index contributed by atoms with van der Waals surface area (Å²) in [4.78, 5) is 16.7. The molecule has 9 heteroatoms. The van der Waals surface area contributed by atoms with Crippen LogP contribution in [0.25, 0.3) is 17.5 Å². The maximum atomic E-state index is 4.33. The number of hydrogen-bond acceptors (Lipinski definition) is 7. The largest absolute Gasteiger partial charge is 0.357 e. The van der Waals surface area contributed by atoms with E-state index in [-0.39, 0.29) is 0 Å². The number of aromatic nitrogens is 8. The average molecular weight is 257 g/mol. The normalized spacial score (nSPS) is 10.6. The highest BCUT2D eigenvalue weighted by molar-refractivity contribution is 5.51. The van der Waals surface area contributed by atoms with Crippen LogP contribution in [0.4, 0.5) is 5.95 Å². The molecule has 0 saturated heterocycles. The molecule has 3 heterocycles. The van der Waals surface area contributed by atoms with Crippen molar-refractivity contribution in [2.75, 3.05) is 12.4 Å². The molecule has 0 atom stereocenters. The van der Waals surface area contributed by atoms with Gasteiger partial charge in [-0.2, -0.15) is 29.8 Å². The van der Waals surface area contributed by atoms with Crippen molar-refractivity contribution in [3.63, 3.8) is 0 Å². The number of anilines is 1. The highest BCUT2D eigenvalue weighted by atomic mass is 15.4. The minimum Gasteiger partial charge on any atom is -0.357 e. The Balaban J connectivity index is 2.12. The monoisotopic (exact) mass is 257 g/mol. The molecule has 0 aliphatic heterocycles. The molecule has 0 unspecified atom stereocenters. The summed E-state index contributed by atoms with van der Waals surface area (Å²) < 4.78 is 3.16. The minimum absolute atomic E-state index is 0.387.